The van der Waals surface area contributed by atoms with Gasteiger partial charge in [0.1, 0.15) is 5.82 Å². The number of hydrogen-bond acceptors (Lipinski definition) is 3. The summed E-state index contributed by atoms with van der Waals surface area (Å²) in [6, 6.07) is 7.67. The van der Waals surface area contributed by atoms with Crippen LogP contribution in [0.1, 0.15) is 50.0 Å². The molecule has 2 aliphatic rings. The van der Waals surface area contributed by atoms with Crippen molar-refractivity contribution in [3.05, 3.63) is 35.6 Å². The maximum atomic E-state index is 13.9. The van der Waals surface area contributed by atoms with Crippen molar-refractivity contribution in [3.63, 3.8) is 0 Å². The van der Waals surface area contributed by atoms with Crippen molar-refractivity contribution in [3.8, 4) is 0 Å². The van der Waals surface area contributed by atoms with E-state index >= 15 is 0 Å². The first-order valence-electron chi connectivity index (χ1n) is 8.59. The SMILES string of the molecule is NC1CCCNC1COC1CCC(c2ccccc2F)CC1. The fourth-order valence-corrected chi connectivity index (χ4v) is 3.75. The first kappa shape index (κ1) is 15.9. The molecule has 0 aromatic heterocycles. The Bertz CT molecular complexity index is 474. The molecular formula is C18H27FN2O. The maximum Gasteiger partial charge on any atom is 0.126 e. The summed E-state index contributed by atoms with van der Waals surface area (Å²) in [5.74, 6) is 0.278. The summed E-state index contributed by atoms with van der Waals surface area (Å²) in [5.41, 5.74) is 7.00. The normalized spacial score (nSPS) is 32.8. The minimum Gasteiger partial charge on any atom is -0.377 e. The number of hydrogen-bond donors (Lipinski definition) is 2. The van der Waals surface area contributed by atoms with Crippen LogP contribution in [-0.2, 0) is 4.74 Å². The van der Waals surface area contributed by atoms with E-state index in [0.29, 0.717) is 18.6 Å². The van der Waals surface area contributed by atoms with E-state index in [2.05, 4.69) is 5.32 Å². The lowest BCUT2D eigenvalue weighted by atomic mass is 9.82. The van der Waals surface area contributed by atoms with E-state index in [9.17, 15) is 4.39 Å². The van der Waals surface area contributed by atoms with Gasteiger partial charge >= 0.3 is 0 Å². The molecule has 3 nitrogen and oxygen atoms in total. The van der Waals surface area contributed by atoms with Crippen LogP contribution in [0.5, 0.6) is 0 Å². The highest BCUT2D eigenvalue weighted by atomic mass is 19.1. The van der Waals surface area contributed by atoms with Crippen LogP contribution in [0.4, 0.5) is 4.39 Å². The summed E-state index contributed by atoms with van der Waals surface area (Å²) in [7, 11) is 0. The zero-order valence-corrected chi connectivity index (χ0v) is 13.1. The van der Waals surface area contributed by atoms with Crippen LogP contribution in [0, 0.1) is 5.82 Å². The Kier molecular flexibility index (Phi) is 5.45. The molecule has 4 heteroatoms. The van der Waals surface area contributed by atoms with Gasteiger partial charge in [-0.05, 0) is 62.6 Å². The van der Waals surface area contributed by atoms with E-state index in [-0.39, 0.29) is 17.9 Å². The molecule has 1 saturated heterocycles. The highest BCUT2D eigenvalue weighted by Crippen LogP contribution is 2.35. The molecule has 0 spiro atoms. The second-order valence-electron chi connectivity index (χ2n) is 6.70. The van der Waals surface area contributed by atoms with Gasteiger partial charge in [-0.1, -0.05) is 18.2 Å². The predicted molar refractivity (Wildman–Crippen MR) is 86.3 cm³/mol. The van der Waals surface area contributed by atoms with Crippen molar-refractivity contribution in [1.82, 2.24) is 5.32 Å². The van der Waals surface area contributed by atoms with Crippen molar-refractivity contribution in [2.24, 2.45) is 5.73 Å². The topological polar surface area (TPSA) is 47.3 Å². The lowest BCUT2D eigenvalue weighted by Gasteiger charge is -2.33. The molecule has 2 unspecified atom stereocenters. The number of rotatable bonds is 4. The fraction of sp³-hybridized carbons (Fsp3) is 0.667. The van der Waals surface area contributed by atoms with Crippen LogP contribution in [0.25, 0.3) is 0 Å². The largest absolute Gasteiger partial charge is 0.377 e. The molecule has 2 fully saturated rings. The monoisotopic (exact) mass is 306 g/mol. The van der Waals surface area contributed by atoms with E-state index in [1.165, 1.54) is 0 Å². The van der Waals surface area contributed by atoms with Crippen LogP contribution < -0.4 is 11.1 Å². The number of nitrogens with one attached hydrogen (secondary N) is 1. The van der Waals surface area contributed by atoms with Gasteiger partial charge in [0, 0.05) is 12.1 Å². The van der Waals surface area contributed by atoms with Crippen molar-refractivity contribution in [1.29, 1.82) is 0 Å². The molecular weight excluding hydrogens is 279 g/mol. The molecule has 2 atom stereocenters. The number of nitrogens with two attached hydrogens (primary N) is 1. The van der Waals surface area contributed by atoms with Gasteiger partial charge < -0.3 is 15.8 Å². The molecule has 22 heavy (non-hydrogen) atoms. The molecule has 1 aliphatic carbocycles. The van der Waals surface area contributed by atoms with Crippen molar-refractivity contribution in [2.75, 3.05) is 13.2 Å². The average Bonchev–Trinajstić information content (AvgIpc) is 2.55. The smallest absolute Gasteiger partial charge is 0.126 e. The molecule has 1 heterocycles. The van der Waals surface area contributed by atoms with Gasteiger partial charge in [0.05, 0.1) is 12.7 Å². The Morgan fingerprint density at radius 1 is 1.14 bits per heavy atom. The summed E-state index contributed by atoms with van der Waals surface area (Å²) >= 11 is 0. The van der Waals surface area contributed by atoms with Gasteiger partial charge in [-0.25, -0.2) is 4.39 Å². The fourth-order valence-electron chi connectivity index (χ4n) is 3.75. The van der Waals surface area contributed by atoms with Crippen LogP contribution in [0.3, 0.4) is 0 Å². The second-order valence-corrected chi connectivity index (χ2v) is 6.70. The Morgan fingerprint density at radius 2 is 1.91 bits per heavy atom. The molecule has 0 bridgehead atoms. The van der Waals surface area contributed by atoms with E-state index in [0.717, 1.165) is 50.6 Å². The van der Waals surface area contributed by atoms with Crippen LogP contribution in [-0.4, -0.2) is 31.3 Å². The molecule has 3 N–H and O–H groups in total. The highest BCUT2D eigenvalue weighted by Gasteiger charge is 2.27. The van der Waals surface area contributed by atoms with Crippen LogP contribution in [0.15, 0.2) is 24.3 Å². The zero-order chi connectivity index (χ0) is 15.4. The summed E-state index contributed by atoms with van der Waals surface area (Å²) in [4.78, 5) is 0. The summed E-state index contributed by atoms with van der Waals surface area (Å²) in [6.45, 7) is 1.75. The number of ether oxygens (including phenoxy) is 1. The Hall–Kier alpha value is -0.970. The van der Waals surface area contributed by atoms with E-state index in [1.54, 1.807) is 12.1 Å². The molecule has 1 aliphatic heterocycles. The molecule has 1 aromatic carbocycles. The Labute approximate surface area is 132 Å². The molecule has 1 aromatic rings. The average molecular weight is 306 g/mol. The molecule has 1 saturated carbocycles. The van der Waals surface area contributed by atoms with Gasteiger partial charge in [-0.15, -0.1) is 0 Å². The minimum atomic E-state index is -0.0655. The molecule has 0 radical (unpaired) electrons. The third-order valence-corrected chi connectivity index (χ3v) is 5.17. The molecule has 3 rings (SSSR count). The summed E-state index contributed by atoms with van der Waals surface area (Å²) in [5, 5.41) is 3.45. The predicted octanol–water partition coefficient (Wildman–Crippen LogP) is 2.95. The third-order valence-electron chi connectivity index (χ3n) is 5.17. The number of halogens is 1. The van der Waals surface area contributed by atoms with Gasteiger partial charge in [0.2, 0.25) is 0 Å². The first-order valence-corrected chi connectivity index (χ1v) is 8.59. The summed E-state index contributed by atoms with van der Waals surface area (Å²) in [6.07, 6.45) is 6.60. The second kappa shape index (κ2) is 7.53. The van der Waals surface area contributed by atoms with E-state index in [1.807, 2.05) is 12.1 Å². The Balaban J connectivity index is 1.45. The molecule has 0 amide bonds. The lowest BCUT2D eigenvalue weighted by molar-refractivity contribution is 0.00603. The Morgan fingerprint density at radius 3 is 2.64 bits per heavy atom. The first-order chi connectivity index (χ1) is 10.7. The van der Waals surface area contributed by atoms with Gasteiger partial charge in [0.15, 0.2) is 0 Å². The number of piperidine rings is 1. The van der Waals surface area contributed by atoms with Gasteiger partial charge in [-0.2, -0.15) is 0 Å². The van der Waals surface area contributed by atoms with Crippen molar-refractivity contribution in [2.45, 2.75) is 62.6 Å². The van der Waals surface area contributed by atoms with Crippen molar-refractivity contribution < 1.29 is 9.13 Å². The van der Waals surface area contributed by atoms with Gasteiger partial charge in [0.25, 0.3) is 0 Å². The van der Waals surface area contributed by atoms with Gasteiger partial charge in [-0.3, -0.25) is 0 Å². The molecule has 122 valence electrons. The highest BCUT2D eigenvalue weighted by molar-refractivity contribution is 5.22. The van der Waals surface area contributed by atoms with Crippen molar-refractivity contribution >= 4 is 0 Å². The van der Waals surface area contributed by atoms with Crippen LogP contribution in [0.2, 0.25) is 0 Å². The maximum absolute atomic E-state index is 13.9. The standard InChI is InChI=1S/C18H27FN2O/c19-16-5-2-1-4-15(16)13-7-9-14(10-8-13)22-12-18-17(20)6-3-11-21-18/h1-2,4-5,13-14,17-18,21H,3,6-12,20H2. The number of benzene rings is 1. The zero-order valence-electron chi connectivity index (χ0n) is 13.1. The quantitative estimate of drug-likeness (QED) is 0.899. The summed E-state index contributed by atoms with van der Waals surface area (Å²) < 4.78 is 19.9. The van der Waals surface area contributed by atoms with E-state index in [4.69, 9.17) is 10.5 Å². The van der Waals surface area contributed by atoms with E-state index < -0.39 is 0 Å². The minimum absolute atomic E-state index is 0.0655. The lowest BCUT2D eigenvalue weighted by Crippen LogP contribution is -2.52. The van der Waals surface area contributed by atoms with Crippen LogP contribution >= 0.6 is 0 Å². The third kappa shape index (κ3) is 3.86.